The Morgan fingerprint density at radius 2 is 1.82 bits per heavy atom. The molecule has 3 rings (SSSR count). The summed E-state index contributed by atoms with van der Waals surface area (Å²) in [6, 6.07) is 9.00. The fraction of sp³-hybridized carbons (Fsp3) is 0.300. The molecule has 1 aliphatic carbocycles. The van der Waals surface area contributed by atoms with Gasteiger partial charge in [-0.15, -0.1) is 0 Å². The first-order valence-corrected chi connectivity index (χ1v) is 8.93. The number of carbonyl (C=O) groups is 2. The molecule has 0 saturated heterocycles. The summed E-state index contributed by atoms with van der Waals surface area (Å²) in [4.78, 5) is 48.9. The summed E-state index contributed by atoms with van der Waals surface area (Å²) in [5.41, 5.74) is -1.13. The third kappa shape index (κ3) is 4.11. The molecule has 8 heteroatoms. The van der Waals surface area contributed by atoms with Crippen LogP contribution in [0.4, 0.5) is 4.79 Å². The Morgan fingerprint density at radius 1 is 1.07 bits per heavy atom. The van der Waals surface area contributed by atoms with Crippen LogP contribution in [0.1, 0.15) is 29.7 Å². The van der Waals surface area contributed by atoms with E-state index in [2.05, 4.69) is 0 Å². The van der Waals surface area contributed by atoms with E-state index in [9.17, 15) is 19.2 Å². The first-order valence-electron chi connectivity index (χ1n) is 8.93. The second kappa shape index (κ2) is 8.51. The predicted octanol–water partition coefficient (Wildman–Crippen LogP) is 1.99. The van der Waals surface area contributed by atoms with E-state index in [1.807, 2.05) is 6.08 Å². The van der Waals surface area contributed by atoms with Crippen molar-refractivity contribution in [3.05, 3.63) is 81.1 Å². The molecule has 1 aliphatic rings. The molecule has 0 N–H and O–H groups in total. The van der Waals surface area contributed by atoms with Crippen LogP contribution in [0.25, 0.3) is 0 Å². The van der Waals surface area contributed by atoms with Crippen LogP contribution in [0.15, 0.2) is 64.3 Å². The average molecular weight is 384 g/mol. The molecule has 1 aromatic carbocycles. The van der Waals surface area contributed by atoms with Gasteiger partial charge in [-0.3, -0.25) is 14.2 Å². The zero-order valence-corrected chi connectivity index (χ0v) is 15.3. The van der Waals surface area contributed by atoms with Crippen molar-refractivity contribution in [2.75, 3.05) is 13.2 Å². The summed E-state index contributed by atoms with van der Waals surface area (Å²) in [5.74, 6) is -0.763. The van der Waals surface area contributed by atoms with E-state index >= 15 is 0 Å². The normalized spacial score (nSPS) is 18.0. The number of benzene rings is 1. The smallest absolute Gasteiger partial charge is 0.435 e. The van der Waals surface area contributed by atoms with Crippen LogP contribution in [0.3, 0.4) is 0 Å². The summed E-state index contributed by atoms with van der Waals surface area (Å²) in [5, 5.41) is 0. The maximum absolute atomic E-state index is 12.8. The highest BCUT2D eigenvalue weighted by Gasteiger charge is 2.24. The molecular formula is C20H20N2O6. The number of rotatable bonds is 5. The molecule has 2 atom stereocenters. The van der Waals surface area contributed by atoms with Crippen molar-refractivity contribution < 1.29 is 19.1 Å². The van der Waals surface area contributed by atoms with Gasteiger partial charge in [-0.2, -0.15) is 4.57 Å². The zero-order chi connectivity index (χ0) is 20.1. The number of ether oxygens (including phenoxy) is 2. The quantitative estimate of drug-likeness (QED) is 0.578. The molecule has 8 nitrogen and oxygen atoms in total. The molecule has 1 heterocycles. The summed E-state index contributed by atoms with van der Waals surface area (Å²) < 4.78 is 11.7. The van der Waals surface area contributed by atoms with E-state index in [-0.39, 0.29) is 30.7 Å². The summed E-state index contributed by atoms with van der Waals surface area (Å²) in [6.45, 7) is 2.04. The molecule has 0 unspecified atom stereocenters. The van der Waals surface area contributed by atoms with Gasteiger partial charge >= 0.3 is 11.8 Å². The van der Waals surface area contributed by atoms with Gasteiger partial charge in [0.15, 0.2) is 0 Å². The lowest BCUT2D eigenvalue weighted by Crippen LogP contribution is -2.43. The average Bonchev–Trinajstić information content (AvgIpc) is 3.16. The first kappa shape index (κ1) is 19.3. The molecule has 1 aromatic heterocycles. The maximum atomic E-state index is 12.8. The molecular weight excluding hydrogens is 364 g/mol. The molecule has 0 fully saturated rings. The lowest BCUT2D eigenvalue weighted by Gasteiger charge is -2.16. The van der Waals surface area contributed by atoms with Crippen LogP contribution in [-0.2, 0) is 9.47 Å². The van der Waals surface area contributed by atoms with E-state index in [1.165, 1.54) is 16.8 Å². The lowest BCUT2D eigenvalue weighted by atomic mass is 10.1. The standard InChI is InChI=1S/C20H20N2O6/c1-2-27-20(26)28-13-14-8-9-16(12-14)21-11-10-17(23)22(19(21)25)18(24)15-6-4-3-5-7-15/h3-11,14,16H,2,12-13H2,1H3/t14-,16+/m1/s1. The molecule has 0 radical (unpaired) electrons. The summed E-state index contributed by atoms with van der Waals surface area (Å²) in [6.07, 6.45) is 4.77. The topological polar surface area (TPSA) is 96.6 Å². The molecule has 0 spiro atoms. The number of nitrogens with zero attached hydrogens (tertiary/aromatic N) is 2. The molecule has 2 aromatic rings. The summed E-state index contributed by atoms with van der Waals surface area (Å²) in [7, 11) is 0. The van der Waals surface area contributed by atoms with Crippen LogP contribution < -0.4 is 11.2 Å². The van der Waals surface area contributed by atoms with Gasteiger partial charge < -0.3 is 9.47 Å². The fourth-order valence-corrected chi connectivity index (χ4v) is 3.06. The Bertz CT molecular complexity index is 1010. The monoisotopic (exact) mass is 384 g/mol. The van der Waals surface area contributed by atoms with Gasteiger partial charge in [0, 0.05) is 23.7 Å². The Morgan fingerprint density at radius 3 is 2.54 bits per heavy atom. The van der Waals surface area contributed by atoms with Crippen LogP contribution in [-0.4, -0.2) is 34.4 Å². The van der Waals surface area contributed by atoms with Crippen LogP contribution in [0.2, 0.25) is 0 Å². The highest BCUT2D eigenvalue weighted by atomic mass is 16.7. The minimum Gasteiger partial charge on any atom is -0.435 e. The largest absolute Gasteiger partial charge is 0.508 e. The van der Waals surface area contributed by atoms with Crippen molar-refractivity contribution in [1.29, 1.82) is 0 Å². The number of aromatic nitrogens is 2. The van der Waals surface area contributed by atoms with Crippen molar-refractivity contribution in [3.63, 3.8) is 0 Å². The third-order valence-corrected chi connectivity index (χ3v) is 4.42. The molecule has 0 saturated carbocycles. The molecule has 28 heavy (non-hydrogen) atoms. The Labute approximate surface area is 160 Å². The Hall–Kier alpha value is -3.42. The highest BCUT2D eigenvalue weighted by Crippen LogP contribution is 2.26. The molecule has 146 valence electrons. The molecule has 0 amide bonds. The SMILES string of the molecule is CCOC(=O)OC[C@@H]1C=C[C@H](n2ccc(=O)n(C(=O)c3ccccc3)c2=O)C1. The highest BCUT2D eigenvalue weighted by molar-refractivity contribution is 5.95. The third-order valence-electron chi connectivity index (χ3n) is 4.42. The lowest BCUT2D eigenvalue weighted by molar-refractivity contribution is 0.0513. The van der Waals surface area contributed by atoms with E-state index in [0.717, 1.165) is 0 Å². The van der Waals surface area contributed by atoms with Crippen molar-refractivity contribution in [3.8, 4) is 0 Å². The van der Waals surface area contributed by atoms with Gasteiger partial charge in [0.1, 0.15) is 6.61 Å². The van der Waals surface area contributed by atoms with Crippen LogP contribution in [0, 0.1) is 5.92 Å². The second-order valence-corrected chi connectivity index (χ2v) is 6.29. The number of allylic oxidation sites excluding steroid dienone is 1. The van der Waals surface area contributed by atoms with Crippen molar-refractivity contribution in [2.24, 2.45) is 5.92 Å². The Kier molecular flexibility index (Phi) is 5.88. The Balaban J connectivity index is 1.79. The van der Waals surface area contributed by atoms with Gasteiger partial charge in [0.25, 0.3) is 11.5 Å². The number of hydrogen-bond donors (Lipinski definition) is 0. The first-order chi connectivity index (χ1) is 13.5. The summed E-state index contributed by atoms with van der Waals surface area (Å²) >= 11 is 0. The number of carbonyl (C=O) groups excluding carboxylic acids is 2. The van der Waals surface area contributed by atoms with Gasteiger partial charge in [-0.1, -0.05) is 30.4 Å². The van der Waals surface area contributed by atoms with E-state index in [1.54, 1.807) is 43.3 Å². The minimum absolute atomic E-state index is 0.0912. The zero-order valence-electron chi connectivity index (χ0n) is 15.3. The number of hydrogen-bond acceptors (Lipinski definition) is 6. The van der Waals surface area contributed by atoms with Crippen LogP contribution >= 0.6 is 0 Å². The van der Waals surface area contributed by atoms with Crippen molar-refractivity contribution >= 4 is 12.1 Å². The van der Waals surface area contributed by atoms with E-state index in [4.69, 9.17) is 9.47 Å². The second-order valence-electron chi connectivity index (χ2n) is 6.29. The van der Waals surface area contributed by atoms with E-state index in [0.29, 0.717) is 11.0 Å². The van der Waals surface area contributed by atoms with Crippen LogP contribution in [0.5, 0.6) is 0 Å². The maximum Gasteiger partial charge on any atom is 0.508 e. The molecule has 0 aliphatic heterocycles. The van der Waals surface area contributed by atoms with Gasteiger partial charge in [0.2, 0.25) is 0 Å². The molecule has 0 bridgehead atoms. The van der Waals surface area contributed by atoms with Gasteiger partial charge in [-0.05, 0) is 25.5 Å². The van der Waals surface area contributed by atoms with E-state index < -0.39 is 23.3 Å². The fourth-order valence-electron chi connectivity index (χ4n) is 3.06. The predicted molar refractivity (Wildman–Crippen MR) is 100 cm³/mol. The van der Waals surface area contributed by atoms with Gasteiger partial charge in [0.05, 0.1) is 12.6 Å². The van der Waals surface area contributed by atoms with Crippen molar-refractivity contribution in [1.82, 2.24) is 9.13 Å². The van der Waals surface area contributed by atoms with Gasteiger partial charge in [-0.25, -0.2) is 9.59 Å². The van der Waals surface area contributed by atoms with Crippen molar-refractivity contribution in [2.45, 2.75) is 19.4 Å². The minimum atomic E-state index is -0.737.